The first kappa shape index (κ1) is 7.66. The maximum Gasteiger partial charge on any atom is 0.524 e. The van der Waals surface area contributed by atoms with E-state index in [2.05, 4.69) is 0 Å². The van der Waals surface area contributed by atoms with Crippen LogP contribution in [0.1, 0.15) is 6.42 Å². The van der Waals surface area contributed by atoms with Crippen LogP contribution in [0.3, 0.4) is 0 Å². The molecule has 0 aromatic heterocycles. The van der Waals surface area contributed by atoms with E-state index in [4.69, 9.17) is 15.6 Å². The number of fused-ring (bicyclic) bond motifs is 1. The maximum atomic E-state index is 11.1. The third kappa shape index (κ3) is 0.566. The van der Waals surface area contributed by atoms with E-state index in [9.17, 15) is 9.59 Å². The van der Waals surface area contributed by atoms with Crippen molar-refractivity contribution in [1.29, 1.82) is 0 Å². The van der Waals surface area contributed by atoms with Crippen molar-refractivity contribution in [3.8, 4) is 0 Å². The molecule has 0 bridgehead atoms. The number of hydrogen-bond donors (Lipinski definition) is 2. The molecule has 0 aromatic rings. The Morgan fingerprint density at radius 3 is 2.75 bits per heavy atom. The Labute approximate surface area is 68.1 Å². The van der Waals surface area contributed by atoms with E-state index < -0.39 is 23.0 Å². The molecule has 2 saturated heterocycles. The summed E-state index contributed by atoms with van der Waals surface area (Å²) in [4.78, 5) is 21.9. The minimum atomic E-state index is -1.21. The number of β-lactam (4-membered cyclic amide) rings is 1. The zero-order chi connectivity index (χ0) is 8.93. The van der Waals surface area contributed by atoms with Crippen LogP contribution in [0.25, 0.3) is 0 Å². The fourth-order valence-corrected chi connectivity index (χ4v) is 1.77. The van der Waals surface area contributed by atoms with Crippen molar-refractivity contribution < 1.29 is 23.9 Å². The van der Waals surface area contributed by atoms with Gasteiger partial charge in [0, 0.05) is 0 Å². The van der Waals surface area contributed by atoms with Crippen molar-refractivity contribution in [2.24, 2.45) is 5.73 Å². The molecule has 2 rings (SSSR count). The predicted molar refractivity (Wildman–Crippen MR) is 35.6 cm³/mol. The highest BCUT2D eigenvalue weighted by Gasteiger charge is 2.70. The molecule has 0 saturated carbocycles. The fourth-order valence-electron chi connectivity index (χ4n) is 1.77. The Kier molecular flexibility index (Phi) is 1.30. The lowest BCUT2D eigenvalue weighted by Crippen LogP contribution is -2.74. The van der Waals surface area contributed by atoms with Gasteiger partial charge >= 0.3 is 12.0 Å². The number of carboxylic acid groups (broad SMARTS) is 1. The molecule has 2 amide bonds. The second-order valence-corrected chi connectivity index (χ2v) is 3.01. The van der Waals surface area contributed by atoms with Gasteiger partial charge in [-0.1, -0.05) is 0 Å². The number of amides is 2. The van der Waals surface area contributed by atoms with E-state index >= 15 is 0 Å². The minimum absolute atomic E-state index is 0.142. The molecule has 2 aliphatic rings. The Morgan fingerprint density at radius 1 is 1.75 bits per heavy atom. The fraction of sp³-hybridized carbons (Fsp3) is 0.667. The maximum absolute atomic E-state index is 11.1. The van der Waals surface area contributed by atoms with Crippen LogP contribution in [-0.2, 0) is 9.53 Å². The lowest BCUT2D eigenvalue weighted by Gasteiger charge is -2.39. The zero-order valence-electron chi connectivity index (χ0n) is 6.27. The molecule has 0 aliphatic carbocycles. The molecule has 3 N–H and O–H groups in total. The third-order valence-electron chi connectivity index (χ3n) is 2.52. The number of carbonyl (C=O) groups is 2. The highest BCUT2D eigenvalue weighted by Crippen LogP contribution is 2.38. The second-order valence-electron chi connectivity index (χ2n) is 3.01. The van der Waals surface area contributed by atoms with E-state index in [-0.39, 0.29) is 18.9 Å². The van der Waals surface area contributed by atoms with Crippen LogP contribution in [0, 0.1) is 0 Å². The first-order chi connectivity index (χ1) is 5.60. The molecule has 2 fully saturated rings. The molecule has 3 atom stereocenters. The van der Waals surface area contributed by atoms with Crippen molar-refractivity contribution >= 4 is 12.0 Å². The molecule has 2 aliphatic heterocycles. The summed E-state index contributed by atoms with van der Waals surface area (Å²) < 4.78 is 4.32. The van der Waals surface area contributed by atoms with E-state index in [1.54, 1.807) is 0 Å². The van der Waals surface area contributed by atoms with E-state index in [0.29, 0.717) is 0 Å². The number of quaternary nitrogens is 1. The lowest BCUT2D eigenvalue weighted by atomic mass is 10.1. The molecule has 12 heavy (non-hydrogen) atoms. The van der Waals surface area contributed by atoms with Crippen LogP contribution in [0.5, 0.6) is 0 Å². The van der Waals surface area contributed by atoms with Gasteiger partial charge in [-0.05, 0) is 0 Å². The van der Waals surface area contributed by atoms with Gasteiger partial charge in [0.15, 0.2) is 6.17 Å². The van der Waals surface area contributed by atoms with Gasteiger partial charge in [-0.3, -0.25) is 5.73 Å². The van der Waals surface area contributed by atoms with Gasteiger partial charge in [0.1, 0.15) is 13.0 Å². The summed E-state index contributed by atoms with van der Waals surface area (Å²) in [6, 6.07) is 0. The number of nitrogens with zero attached hydrogens (tertiary/aromatic N) is 1. The highest BCUT2D eigenvalue weighted by molar-refractivity contribution is 5.85. The first-order valence-electron chi connectivity index (χ1n) is 3.62. The van der Waals surface area contributed by atoms with Gasteiger partial charge in [0.25, 0.3) is 0 Å². The standard InChI is InChI=1S/C6H8N2O4/c7-3-2-12-5-1-4(9)8(3,5)6(10)11/h3,5H,1-2,7H2/p+1. The first-order valence-corrected chi connectivity index (χ1v) is 3.62. The van der Waals surface area contributed by atoms with Crippen LogP contribution in [-0.4, -0.2) is 40.6 Å². The van der Waals surface area contributed by atoms with Crippen LogP contribution < -0.4 is 5.73 Å². The van der Waals surface area contributed by atoms with Crippen molar-refractivity contribution in [3.63, 3.8) is 0 Å². The number of ether oxygens (including phenoxy) is 1. The summed E-state index contributed by atoms with van der Waals surface area (Å²) in [5, 5.41) is 8.83. The number of rotatable bonds is 0. The molecule has 0 aromatic carbocycles. The Morgan fingerprint density at radius 2 is 2.42 bits per heavy atom. The average Bonchev–Trinajstić information content (AvgIpc) is 2.21. The summed E-state index contributed by atoms with van der Waals surface area (Å²) in [5.41, 5.74) is 5.49. The van der Waals surface area contributed by atoms with Crippen molar-refractivity contribution in [2.75, 3.05) is 6.61 Å². The predicted octanol–water partition coefficient (Wildman–Crippen LogP) is -0.947. The molecule has 66 valence electrons. The van der Waals surface area contributed by atoms with Crippen molar-refractivity contribution in [2.45, 2.75) is 18.8 Å². The van der Waals surface area contributed by atoms with Crippen LogP contribution in [0.2, 0.25) is 0 Å². The Hall–Kier alpha value is -0.980. The van der Waals surface area contributed by atoms with Crippen LogP contribution in [0.15, 0.2) is 0 Å². The molecule has 6 nitrogen and oxygen atoms in total. The normalized spacial score (nSPS) is 45.2. The Bertz CT molecular complexity index is 248. The molecule has 0 spiro atoms. The number of imide groups is 1. The van der Waals surface area contributed by atoms with E-state index in [0.717, 1.165) is 0 Å². The largest absolute Gasteiger partial charge is 0.524 e. The van der Waals surface area contributed by atoms with Gasteiger partial charge in [-0.15, -0.1) is 4.48 Å². The topological polar surface area (TPSA) is 89.6 Å². The van der Waals surface area contributed by atoms with Gasteiger partial charge in [-0.2, -0.15) is 4.79 Å². The summed E-state index contributed by atoms with van der Waals surface area (Å²) >= 11 is 0. The van der Waals surface area contributed by atoms with Gasteiger partial charge in [-0.25, -0.2) is 4.79 Å². The van der Waals surface area contributed by atoms with Crippen LogP contribution in [0.4, 0.5) is 4.79 Å². The average molecular weight is 173 g/mol. The van der Waals surface area contributed by atoms with Crippen LogP contribution >= 0.6 is 0 Å². The van der Waals surface area contributed by atoms with Crippen molar-refractivity contribution in [1.82, 2.24) is 0 Å². The minimum Gasteiger partial charge on any atom is -0.435 e. The van der Waals surface area contributed by atoms with Gasteiger partial charge in [0.05, 0.1) is 0 Å². The monoisotopic (exact) mass is 173 g/mol. The number of carbonyl (C=O) groups excluding carboxylic acids is 1. The molecule has 6 heteroatoms. The zero-order valence-corrected chi connectivity index (χ0v) is 6.27. The van der Waals surface area contributed by atoms with Gasteiger partial charge < -0.3 is 9.84 Å². The molecular weight excluding hydrogens is 164 g/mol. The molecule has 3 unspecified atom stereocenters. The lowest BCUT2D eigenvalue weighted by molar-refractivity contribution is -0.860. The van der Waals surface area contributed by atoms with Gasteiger partial charge in [0.2, 0.25) is 6.23 Å². The SMILES string of the molecule is NC1COC2CC(=O)[N+]12C(=O)O. The molecule has 2 heterocycles. The second kappa shape index (κ2) is 2.03. The summed E-state index contributed by atoms with van der Waals surface area (Å²) in [6.45, 7) is 0.142. The smallest absolute Gasteiger partial charge is 0.435 e. The molecule has 0 radical (unpaired) electrons. The molecular formula is C6H9N2O4+. The summed E-state index contributed by atoms with van der Waals surface area (Å²) in [6.07, 6.45) is -2.33. The number of nitrogens with two attached hydrogens (primary N) is 1. The highest BCUT2D eigenvalue weighted by atomic mass is 16.5. The van der Waals surface area contributed by atoms with E-state index in [1.165, 1.54) is 0 Å². The van der Waals surface area contributed by atoms with E-state index in [1.807, 2.05) is 0 Å². The summed E-state index contributed by atoms with van der Waals surface area (Å²) in [5.74, 6) is -0.363. The van der Waals surface area contributed by atoms with Crippen molar-refractivity contribution in [3.05, 3.63) is 0 Å². The quantitative estimate of drug-likeness (QED) is 0.364. The number of hydrogen-bond acceptors (Lipinski definition) is 4. The third-order valence-corrected chi connectivity index (χ3v) is 2.52. The summed E-state index contributed by atoms with van der Waals surface area (Å²) in [7, 11) is 0. The Balaban J connectivity index is 2.40.